The second-order valence-electron chi connectivity index (χ2n) is 14.4. The van der Waals surface area contributed by atoms with Crippen LogP contribution in [0.1, 0.15) is 11.1 Å². The lowest BCUT2D eigenvalue weighted by molar-refractivity contribution is 1.22. The van der Waals surface area contributed by atoms with Gasteiger partial charge in [0.25, 0.3) is 0 Å². The van der Waals surface area contributed by atoms with Gasteiger partial charge in [0, 0.05) is 56.4 Å². The Bertz CT molecular complexity index is 3090. The Morgan fingerprint density at radius 1 is 0.339 bits per heavy atom. The van der Waals surface area contributed by atoms with Crippen LogP contribution < -0.4 is 0 Å². The number of aromatic nitrogens is 4. The number of nitrogens with zero attached hydrogens (tertiary/aromatic N) is 4. The number of hydrogen-bond acceptors (Lipinski definition) is 4. The molecular weight excluding hydrogens is 681 g/mol. The van der Waals surface area contributed by atoms with Crippen LogP contribution in [0, 0.1) is 13.8 Å². The molecule has 0 aliphatic rings. The monoisotopic (exact) mass is 716 g/mol. The first-order valence-corrected chi connectivity index (χ1v) is 19.0. The van der Waals surface area contributed by atoms with E-state index in [1.807, 2.05) is 24.5 Å². The van der Waals surface area contributed by atoms with Gasteiger partial charge in [0.05, 0.1) is 22.2 Å². The van der Waals surface area contributed by atoms with Crippen LogP contribution in [0.4, 0.5) is 0 Å². The quantitative estimate of drug-likeness (QED) is 0.172. The summed E-state index contributed by atoms with van der Waals surface area (Å²) >= 11 is 0. The molecule has 4 heteroatoms. The highest BCUT2D eigenvalue weighted by Gasteiger charge is 2.19. The number of pyridine rings is 2. The molecule has 4 nitrogen and oxygen atoms in total. The second-order valence-corrected chi connectivity index (χ2v) is 14.4. The molecule has 10 rings (SSSR count). The van der Waals surface area contributed by atoms with Gasteiger partial charge >= 0.3 is 0 Å². The summed E-state index contributed by atoms with van der Waals surface area (Å²) in [5, 5.41) is 3.25. The van der Waals surface area contributed by atoms with Crippen LogP contribution in [0.15, 0.2) is 182 Å². The number of benzene rings is 7. The minimum absolute atomic E-state index is 0.683. The first kappa shape index (κ1) is 33.3. The number of fused-ring (bicyclic) bond motifs is 3. The summed E-state index contributed by atoms with van der Waals surface area (Å²) in [4.78, 5) is 20.4. The van der Waals surface area contributed by atoms with E-state index in [1.165, 1.54) is 0 Å². The summed E-state index contributed by atoms with van der Waals surface area (Å²) < 4.78 is 0. The number of para-hydroxylation sites is 2. The van der Waals surface area contributed by atoms with Crippen molar-refractivity contribution in [1.29, 1.82) is 0 Å². The zero-order valence-electron chi connectivity index (χ0n) is 31.1. The van der Waals surface area contributed by atoms with Gasteiger partial charge in [0.2, 0.25) is 0 Å². The fourth-order valence-corrected chi connectivity index (χ4v) is 8.08. The van der Waals surface area contributed by atoms with E-state index in [9.17, 15) is 0 Å². The minimum atomic E-state index is 0.683. The molecule has 56 heavy (non-hydrogen) atoms. The van der Waals surface area contributed by atoms with Crippen molar-refractivity contribution in [1.82, 2.24) is 19.9 Å². The van der Waals surface area contributed by atoms with Gasteiger partial charge in [-0.1, -0.05) is 133 Å². The van der Waals surface area contributed by atoms with Crippen molar-refractivity contribution in [2.45, 2.75) is 13.8 Å². The van der Waals surface area contributed by atoms with E-state index in [1.54, 1.807) is 0 Å². The number of rotatable bonds is 6. The van der Waals surface area contributed by atoms with Gasteiger partial charge in [-0.15, -0.1) is 0 Å². The highest BCUT2D eigenvalue weighted by Crippen LogP contribution is 2.41. The number of hydrogen-bond donors (Lipinski definition) is 0. The molecule has 0 spiro atoms. The summed E-state index contributed by atoms with van der Waals surface area (Å²) in [6.45, 7) is 4.34. The predicted octanol–water partition coefficient (Wildman–Crippen LogP) is 13.3. The van der Waals surface area contributed by atoms with Gasteiger partial charge in [-0.25, -0.2) is 9.97 Å². The zero-order valence-corrected chi connectivity index (χ0v) is 31.1. The summed E-state index contributed by atoms with van der Waals surface area (Å²) in [5.74, 6) is 0.683. The third kappa shape index (κ3) is 5.89. The van der Waals surface area contributed by atoms with Gasteiger partial charge in [-0.05, 0) is 89.2 Å². The second kappa shape index (κ2) is 13.8. The first-order chi connectivity index (χ1) is 27.6. The average Bonchev–Trinajstić information content (AvgIpc) is 3.26. The molecule has 0 N–H and O–H groups in total. The predicted molar refractivity (Wildman–Crippen MR) is 232 cm³/mol. The SMILES string of the molecule is Cc1cc(-c2nc(-c3ccc(-c4cccc5cccnc45)c(C)c3)c3cc(-c4ccccc4)cc(-c4ccccc4)c3n2)ccc1-c1cccc2cccnc12. The summed E-state index contributed by atoms with van der Waals surface area (Å²) in [6.07, 6.45) is 3.73. The fourth-order valence-electron chi connectivity index (χ4n) is 8.08. The Hall–Kier alpha value is -7.30. The van der Waals surface area contributed by atoms with Crippen LogP contribution >= 0.6 is 0 Å². The van der Waals surface area contributed by atoms with E-state index < -0.39 is 0 Å². The lowest BCUT2D eigenvalue weighted by atomic mass is 9.91. The van der Waals surface area contributed by atoms with E-state index in [2.05, 4.69) is 172 Å². The first-order valence-electron chi connectivity index (χ1n) is 19.0. The molecule has 0 unspecified atom stereocenters. The fraction of sp³-hybridized carbons (Fsp3) is 0.0385. The van der Waals surface area contributed by atoms with E-state index in [4.69, 9.17) is 19.9 Å². The normalized spacial score (nSPS) is 11.4. The van der Waals surface area contributed by atoms with Crippen LogP contribution in [-0.2, 0) is 0 Å². The molecule has 0 aliphatic heterocycles. The molecule has 0 fully saturated rings. The van der Waals surface area contributed by atoms with E-state index in [-0.39, 0.29) is 0 Å². The van der Waals surface area contributed by atoms with Crippen LogP contribution in [0.2, 0.25) is 0 Å². The lowest BCUT2D eigenvalue weighted by Crippen LogP contribution is -1.99. The third-order valence-electron chi connectivity index (χ3n) is 10.8. The van der Waals surface area contributed by atoms with Crippen molar-refractivity contribution in [3.63, 3.8) is 0 Å². The van der Waals surface area contributed by atoms with Crippen molar-refractivity contribution < 1.29 is 0 Å². The number of aryl methyl sites for hydroxylation is 2. The van der Waals surface area contributed by atoms with Crippen molar-refractivity contribution in [2.24, 2.45) is 0 Å². The molecule has 0 aliphatic carbocycles. The van der Waals surface area contributed by atoms with Gasteiger partial charge in [-0.2, -0.15) is 0 Å². The smallest absolute Gasteiger partial charge is 0.160 e. The van der Waals surface area contributed by atoms with E-state index in [0.717, 1.165) is 105 Å². The highest BCUT2D eigenvalue weighted by molar-refractivity contribution is 6.05. The highest BCUT2D eigenvalue weighted by atomic mass is 14.9. The summed E-state index contributed by atoms with van der Waals surface area (Å²) in [5.41, 5.74) is 17.1. The topological polar surface area (TPSA) is 51.6 Å². The van der Waals surface area contributed by atoms with Gasteiger partial charge in [0.15, 0.2) is 5.82 Å². The summed E-state index contributed by atoms with van der Waals surface area (Å²) in [6, 6.07) is 59.9. The lowest BCUT2D eigenvalue weighted by Gasteiger charge is -2.17. The molecule has 3 aromatic heterocycles. The molecule has 264 valence electrons. The van der Waals surface area contributed by atoms with Crippen LogP contribution in [0.3, 0.4) is 0 Å². The van der Waals surface area contributed by atoms with E-state index in [0.29, 0.717) is 5.82 Å². The molecule has 0 atom stereocenters. The molecule has 10 aromatic rings. The Morgan fingerprint density at radius 2 is 0.893 bits per heavy atom. The van der Waals surface area contributed by atoms with Crippen LogP contribution in [0.25, 0.3) is 99.9 Å². The maximum atomic E-state index is 5.46. The van der Waals surface area contributed by atoms with Crippen molar-refractivity contribution in [3.05, 3.63) is 193 Å². The minimum Gasteiger partial charge on any atom is -0.256 e. The largest absolute Gasteiger partial charge is 0.256 e. The van der Waals surface area contributed by atoms with Crippen molar-refractivity contribution in [2.75, 3.05) is 0 Å². The average molecular weight is 717 g/mol. The Labute approximate surface area is 325 Å². The van der Waals surface area contributed by atoms with Crippen molar-refractivity contribution >= 4 is 32.7 Å². The van der Waals surface area contributed by atoms with Gasteiger partial charge < -0.3 is 0 Å². The molecule has 0 bridgehead atoms. The standard InChI is InChI=1S/C52H36N4/c1-33-29-39(23-25-42(33)44-21-9-17-37-19-11-27-53-48(37)44)50-47-32-41(35-13-5-3-6-14-35)31-46(36-15-7-4-8-16-36)51(47)56-52(55-50)40-24-26-43(34(2)30-40)45-22-10-18-38-20-12-28-54-49(38)45/h3-32H,1-2H3. The van der Waals surface area contributed by atoms with Crippen LogP contribution in [0.5, 0.6) is 0 Å². The Kier molecular flexibility index (Phi) is 8.23. The zero-order chi connectivity index (χ0) is 37.6. The van der Waals surface area contributed by atoms with Crippen molar-refractivity contribution in [3.8, 4) is 67.2 Å². The molecular formula is C52H36N4. The maximum absolute atomic E-state index is 5.46. The van der Waals surface area contributed by atoms with Gasteiger partial charge in [0.1, 0.15) is 0 Å². The summed E-state index contributed by atoms with van der Waals surface area (Å²) in [7, 11) is 0. The molecule has 0 radical (unpaired) electrons. The Balaban J connectivity index is 1.20. The van der Waals surface area contributed by atoms with Gasteiger partial charge in [-0.3, -0.25) is 9.97 Å². The molecule has 3 heterocycles. The Morgan fingerprint density at radius 3 is 1.50 bits per heavy atom. The maximum Gasteiger partial charge on any atom is 0.160 e. The molecule has 0 amide bonds. The van der Waals surface area contributed by atoms with Crippen LogP contribution in [-0.4, -0.2) is 19.9 Å². The molecule has 0 saturated carbocycles. The molecule has 0 saturated heterocycles. The van der Waals surface area contributed by atoms with E-state index >= 15 is 0 Å². The third-order valence-corrected chi connectivity index (χ3v) is 10.8. The molecule has 7 aromatic carbocycles.